The second-order valence-corrected chi connectivity index (χ2v) is 9.58. The van der Waals surface area contributed by atoms with E-state index in [2.05, 4.69) is 12.2 Å². The largest absolute Gasteiger partial charge is 0.377 e. The smallest absolute Gasteiger partial charge is 0.271 e. The number of aryl methyl sites for hydroxylation is 1. The van der Waals surface area contributed by atoms with Crippen LogP contribution >= 0.6 is 0 Å². The standard InChI is InChI=1S/C21H25N3O5S/c1-15-9-11-23(12-10-15)30(28,29)19-7-4-17(5-8-19)21(25)14-22-20-13-18(24(26)27)6-3-16(20)2/h3-8,13,15,22H,9-12,14H2,1-2H3. The number of piperidine rings is 1. The summed E-state index contributed by atoms with van der Waals surface area (Å²) in [7, 11) is -3.56. The Bertz CT molecular complexity index is 1040. The fourth-order valence-electron chi connectivity index (χ4n) is 3.38. The van der Waals surface area contributed by atoms with Gasteiger partial charge in [0, 0.05) is 36.5 Å². The highest BCUT2D eigenvalue weighted by molar-refractivity contribution is 7.89. The van der Waals surface area contributed by atoms with Gasteiger partial charge in [0.2, 0.25) is 10.0 Å². The molecule has 0 bridgehead atoms. The maximum Gasteiger partial charge on any atom is 0.271 e. The molecular weight excluding hydrogens is 406 g/mol. The van der Waals surface area contributed by atoms with Gasteiger partial charge in [-0.25, -0.2) is 8.42 Å². The third-order valence-corrected chi connectivity index (χ3v) is 7.34. The fraction of sp³-hybridized carbons (Fsp3) is 0.381. The van der Waals surface area contributed by atoms with E-state index < -0.39 is 14.9 Å². The molecule has 0 spiro atoms. The molecule has 9 heteroatoms. The van der Waals surface area contributed by atoms with Crippen molar-refractivity contribution in [3.8, 4) is 0 Å². The van der Waals surface area contributed by atoms with Crippen LogP contribution in [-0.2, 0) is 10.0 Å². The van der Waals surface area contributed by atoms with Crippen LogP contribution in [0, 0.1) is 23.0 Å². The first-order valence-corrected chi connectivity index (χ1v) is 11.2. The van der Waals surface area contributed by atoms with Crippen molar-refractivity contribution < 1.29 is 18.1 Å². The molecular formula is C21H25N3O5S. The second-order valence-electron chi connectivity index (χ2n) is 7.64. The molecule has 0 atom stereocenters. The topological polar surface area (TPSA) is 110 Å². The molecule has 2 aromatic carbocycles. The molecule has 2 aromatic rings. The van der Waals surface area contributed by atoms with Gasteiger partial charge in [0.25, 0.3) is 5.69 Å². The molecule has 1 heterocycles. The van der Waals surface area contributed by atoms with Crippen molar-refractivity contribution in [2.24, 2.45) is 5.92 Å². The van der Waals surface area contributed by atoms with Crippen LogP contribution in [0.15, 0.2) is 47.4 Å². The molecule has 160 valence electrons. The summed E-state index contributed by atoms with van der Waals surface area (Å²) in [6.07, 6.45) is 1.69. The van der Waals surface area contributed by atoms with Gasteiger partial charge in [-0.1, -0.05) is 13.0 Å². The number of benzene rings is 2. The Morgan fingerprint density at radius 2 is 1.80 bits per heavy atom. The van der Waals surface area contributed by atoms with Crippen LogP contribution in [0.5, 0.6) is 0 Å². The lowest BCUT2D eigenvalue weighted by molar-refractivity contribution is -0.384. The molecule has 0 radical (unpaired) electrons. The number of anilines is 1. The average Bonchev–Trinajstić information content (AvgIpc) is 2.73. The molecule has 0 saturated carbocycles. The van der Waals surface area contributed by atoms with E-state index in [0.717, 1.165) is 18.4 Å². The Labute approximate surface area is 176 Å². The monoisotopic (exact) mass is 431 g/mol. The van der Waals surface area contributed by atoms with Crippen molar-refractivity contribution in [2.75, 3.05) is 25.0 Å². The van der Waals surface area contributed by atoms with E-state index in [1.54, 1.807) is 13.0 Å². The number of nitrogens with zero attached hydrogens (tertiary/aromatic N) is 2. The van der Waals surface area contributed by atoms with Crippen molar-refractivity contribution in [1.29, 1.82) is 0 Å². The number of ketones is 1. The van der Waals surface area contributed by atoms with Crippen LogP contribution < -0.4 is 5.32 Å². The normalized spacial score (nSPS) is 15.7. The molecule has 1 aliphatic rings. The Morgan fingerprint density at radius 3 is 2.40 bits per heavy atom. The summed E-state index contributed by atoms with van der Waals surface area (Å²) >= 11 is 0. The SMILES string of the molecule is Cc1ccc([N+](=O)[O-])cc1NCC(=O)c1ccc(S(=O)(=O)N2CCC(C)CC2)cc1. The molecule has 3 rings (SSSR count). The zero-order valence-corrected chi connectivity index (χ0v) is 17.8. The Balaban J connectivity index is 1.67. The van der Waals surface area contributed by atoms with E-state index in [1.807, 2.05) is 0 Å². The lowest BCUT2D eigenvalue weighted by Gasteiger charge is -2.29. The van der Waals surface area contributed by atoms with Crippen molar-refractivity contribution in [2.45, 2.75) is 31.6 Å². The minimum absolute atomic E-state index is 0.0574. The summed E-state index contributed by atoms with van der Waals surface area (Å²) in [5.74, 6) is 0.287. The van der Waals surface area contributed by atoms with Gasteiger partial charge in [-0.15, -0.1) is 0 Å². The maximum atomic E-state index is 12.8. The van der Waals surface area contributed by atoms with E-state index in [0.29, 0.717) is 30.3 Å². The highest BCUT2D eigenvalue weighted by Crippen LogP contribution is 2.24. The first-order valence-electron chi connectivity index (χ1n) is 9.81. The number of hydrogen-bond donors (Lipinski definition) is 1. The molecule has 30 heavy (non-hydrogen) atoms. The number of carbonyl (C=O) groups excluding carboxylic acids is 1. The van der Waals surface area contributed by atoms with E-state index in [1.165, 1.54) is 40.7 Å². The Kier molecular flexibility index (Phi) is 6.52. The molecule has 1 N–H and O–H groups in total. The highest BCUT2D eigenvalue weighted by Gasteiger charge is 2.28. The summed E-state index contributed by atoms with van der Waals surface area (Å²) < 4.78 is 27.1. The zero-order chi connectivity index (χ0) is 21.9. The Hall–Kier alpha value is -2.78. The number of nitrogens with one attached hydrogen (secondary N) is 1. The van der Waals surface area contributed by atoms with Crippen LogP contribution in [0.1, 0.15) is 35.7 Å². The van der Waals surface area contributed by atoms with Crippen LogP contribution in [0.3, 0.4) is 0 Å². The van der Waals surface area contributed by atoms with E-state index in [-0.39, 0.29) is 22.9 Å². The highest BCUT2D eigenvalue weighted by atomic mass is 32.2. The minimum atomic E-state index is -3.56. The Morgan fingerprint density at radius 1 is 1.17 bits per heavy atom. The van der Waals surface area contributed by atoms with Gasteiger partial charge in [-0.2, -0.15) is 4.31 Å². The lowest BCUT2D eigenvalue weighted by Crippen LogP contribution is -2.37. The molecule has 1 aliphatic heterocycles. The summed E-state index contributed by atoms with van der Waals surface area (Å²) in [5.41, 5.74) is 1.61. The lowest BCUT2D eigenvalue weighted by atomic mass is 10.0. The van der Waals surface area contributed by atoms with Crippen molar-refractivity contribution in [3.05, 3.63) is 63.7 Å². The van der Waals surface area contributed by atoms with Crippen LogP contribution in [-0.4, -0.2) is 43.1 Å². The molecule has 8 nitrogen and oxygen atoms in total. The van der Waals surface area contributed by atoms with Crippen molar-refractivity contribution in [1.82, 2.24) is 4.31 Å². The predicted octanol–water partition coefficient (Wildman–Crippen LogP) is 3.62. The van der Waals surface area contributed by atoms with E-state index >= 15 is 0 Å². The van der Waals surface area contributed by atoms with Gasteiger partial charge in [0.05, 0.1) is 16.4 Å². The molecule has 0 aliphatic carbocycles. The zero-order valence-electron chi connectivity index (χ0n) is 17.0. The summed E-state index contributed by atoms with van der Waals surface area (Å²) in [4.78, 5) is 23.1. The second kappa shape index (κ2) is 8.93. The number of non-ortho nitro benzene ring substituents is 1. The molecule has 0 unspecified atom stereocenters. The van der Waals surface area contributed by atoms with Crippen LogP contribution in [0.25, 0.3) is 0 Å². The first kappa shape index (κ1) is 21.9. The third kappa shape index (κ3) is 4.85. The molecule has 1 saturated heterocycles. The molecule has 0 amide bonds. The van der Waals surface area contributed by atoms with Gasteiger partial charge < -0.3 is 5.32 Å². The number of Topliss-reactive ketones (excluding diaryl/α,β-unsaturated/α-hetero) is 1. The van der Waals surface area contributed by atoms with Crippen molar-refractivity contribution in [3.63, 3.8) is 0 Å². The molecule has 0 aromatic heterocycles. The van der Waals surface area contributed by atoms with E-state index in [4.69, 9.17) is 0 Å². The summed E-state index contributed by atoms with van der Waals surface area (Å²) in [6.45, 7) is 4.87. The van der Waals surface area contributed by atoms with Crippen LogP contribution in [0.2, 0.25) is 0 Å². The number of carbonyl (C=O) groups is 1. The van der Waals surface area contributed by atoms with E-state index in [9.17, 15) is 23.3 Å². The average molecular weight is 432 g/mol. The van der Waals surface area contributed by atoms with Gasteiger partial charge in [-0.3, -0.25) is 14.9 Å². The number of nitro groups is 1. The fourth-order valence-corrected chi connectivity index (χ4v) is 4.85. The predicted molar refractivity (Wildman–Crippen MR) is 114 cm³/mol. The maximum absolute atomic E-state index is 12.8. The van der Waals surface area contributed by atoms with Gasteiger partial charge in [0.1, 0.15) is 0 Å². The van der Waals surface area contributed by atoms with Crippen molar-refractivity contribution >= 4 is 27.2 Å². The quantitative estimate of drug-likeness (QED) is 0.407. The van der Waals surface area contributed by atoms with Gasteiger partial charge in [-0.05, 0) is 55.5 Å². The summed E-state index contributed by atoms with van der Waals surface area (Å²) in [5, 5.41) is 13.9. The van der Waals surface area contributed by atoms with Gasteiger partial charge in [0.15, 0.2) is 5.78 Å². The first-order chi connectivity index (χ1) is 14.2. The molecule has 1 fully saturated rings. The number of rotatable bonds is 7. The third-order valence-electron chi connectivity index (χ3n) is 5.43. The minimum Gasteiger partial charge on any atom is -0.377 e. The number of nitro benzene ring substituents is 1. The number of sulfonamides is 1. The van der Waals surface area contributed by atoms with Crippen LogP contribution in [0.4, 0.5) is 11.4 Å². The number of hydrogen-bond acceptors (Lipinski definition) is 6. The van der Waals surface area contributed by atoms with Gasteiger partial charge >= 0.3 is 0 Å². The summed E-state index contributed by atoms with van der Waals surface area (Å²) in [6, 6.07) is 10.3.